The summed E-state index contributed by atoms with van der Waals surface area (Å²) < 4.78 is 15.8. The van der Waals surface area contributed by atoms with E-state index >= 15 is 0 Å². The Morgan fingerprint density at radius 3 is 2.79 bits per heavy atom. The van der Waals surface area contributed by atoms with E-state index < -0.39 is 0 Å². The van der Waals surface area contributed by atoms with Gasteiger partial charge < -0.3 is 16.0 Å². The molecule has 4 rings (SSSR count). The largest absolute Gasteiger partial charge is 0.370 e. The van der Waals surface area contributed by atoms with Crippen LogP contribution in [0.1, 0.15) is 30.9 Å². The van der Waals surface area contributed by atoms with Crippen molar-refractivity contribution < 1.29 is 4.39 Å². The summed E-state index contributed by atoms with van der Waals surface area (Å²) in [4.78, 5) is 4.78. The van der Waals surface area contributed by atoms with Gasteiger partial charge in [-0.3, -0.25) is 0 Å². The highest BCUT2D eigenvalue weighted by atomic mass is 19.1. The quantitative estimate of drug-likeness (QED) is 0.584. The fourth-order valence-electron chi connectivity index (χ4n) is 3.64. The SMILES string of the molecule is CCc1cnn2c(NCc3ccccc3F)cc(NCC3CCNCC3)nc12. The summed E-state index contributed by atoms with van der Waals surface area (Å²) in [6, 6.07) is 8.78. The molecule has 7 heteroatoms. The van der Waals surface area contributed by atoms with Gasteiger partial charge in [0.15, 0.2) is 5.65 Å². The molecule has 0 radical (unpaired) electrons. The number of anilines is 2. The van der Waals surface area contributed by atoms with Crippen LogP contribution in [0.5, 0.6) is 0 Å². The zero-order valence-corrected chi connectivity index (χ0v) is 16.2. The van der Waals surface area contributed by atoms with E-state index in [1.165, 1.54) is 18.9 Å². The van der Waals surface area contributed by atoms with Crippen LogP contribution in [-0.4, -0.2) is 34.2 Å². The third kappa shape index (κ3) is 4.09. The smallest absolute Gasteiger partial charge is 0.162 e. The Balaban J connectivity index is 1.56. The molecule has 6 nitrogen and oxygen atoms in total. The fraction of sp³-hybridized carbons (Fsp3) is 0.429. The van der Waals surface area contributed by atoms with Crippen LogP contribution >= 0.6 is 0 Å². The van der Waals surface area contributed by atoms with Crippen molar-refractivity contribution in [3.05, 3.63) is 53.5 Å². The Labute approximate surface area is 164 Å². The van der Waals surface area contributed by atoms with Gasteiger partial charge >= 0.3 is 0 Å². The van der Waals surface area contributed by atoms with Crippen molar-refractivity contribution in [3.8, 4) is 0 Å². The number of rotatable bonds is 7. The standard InChI is InChI=1S/C21H27FN6/c1-2-16-14-26-28-20(25-13-17-5-3-4-6-18(17)22)11-19(27-21(16)28)24-12-15-7-9-23-10-8-15/h3-6,11,14-15,23,25H,2,7-10,12-13H2,1H3,(H,24,27). The lowest BCUT2D eigenvalue weighted by atomic mass is 9.98. The van der Waals surface area contributed by atoms with E-state index in [-0.39, 0.29) is 5.82 Å². The van der Waals surface area contributed by atoms with Gasteiger partial charge in [-0.25, -0.2) is 9.37 Å². The molecule has 1 aliphatic heterocycles. The first-order valence-electron chi connectivity index (χ1n) is 10.0. The molecule has 0 bridgehead atoms. The van der Waals surface area contributed by atoms with Gasteiger partial charge in [0.2, 0.25) is 0 Å². The van der Waals surface area contributed by atoms with Crippen molar-refractivity contribution >= 4 is 17.3 Å². The van der Waals surface area contributed by atoms with Crippen LogP contribution in [0.25, 0.3) is 5.65 Å². The van der Waals surface area contributed by atoms with Crippen molar-refractivity contribution in [2.45, 2.75) is 32.7 Å². The first-order valence-corrected chi connectivity index (χ1v) is 10.0. The number of aryl methyl sites for hydroxylation is 1. The number of nitrogens with zero attached hydrogens (tertiary/aromatic N) is 3. The maximum Gasteiger partial charge on any atom is 0.162 e. The van der Waals surface area contributed by atoms with E-state index in [4.69, 9.17) is 4.98 Å². The third-order valence-electron chi connectivity index (χ3n) is 5.37. The molecule has 1 fully saturated rings. The second-order valence-corrected chi connectivity index (χ2v) is 7.30. The number of benzene rings is 1. The van der Waals surface area contributed by atoms with E-state index in [9.17, 15) is 4.39 Å². The minimum Gasteiger partial charge on any atom is -0.370 e. The highest BCUT2D eigenvalue weighted by Gasteiger charge is 2.15. The molecule has 0 atom stereocenters. The molecule has 0 spiro atoms. The topological polar surface area (TPSA) is 66.3 Å². The zero-order valence-electron chi connectivity index (χ0n) is 16.2. The maximum atomic E-state index is 14.0. The molecule has 2 aromatic heterocycles. The van der Waals surface area contributed by atoms with Crippen molar-refractivity contribution in [1.29, 1.82) is 0 Å². The van der Waals surface area contributed by atoms with Gasteiger partial charge in [0.1, 0.15) is 17.5 Å². The number of aromatic nitrogens is 3. The Kier molecular flexibility index (Phi) is 5.71. The second kappa shape index (κ2) is 8.56. The predicted octanol–water partition coefficient (Wildman–Crippen LogP) is 3.45. The predicted molar refractivity (Wildman–Crippen MR) is 110 cm³/mol. The zero-order chi connectivity index (χ0) is 19.3. The van der Waals surface area contributed by atoms with Crippen LogP contribution in [0, 0.1) is 11.7 Å². The van der Waals surface area contributed by atoms with Crippen molar-refractivity contribution in [1.82, 2.24) is 19.9 Å². The number of halogens is 1. The molecule has 0 aliphatic carbocycles. The Bertz CT molecular complexity index is 932. The van der Waals surface area contributed by atoms with Gasteiger partial charge in [0.05, 0.1) is 6.20 Å². The summed E-state index contributed by atoms with van der Waals surface area (Å²) in [6.45, 7) is 5.56. The second-order valence-electron chi connectivity index (χ2n) is 7.30. The average Bonchev–Trinajstić information content (AvgIpc) is 3.15. The van der Waals surface area contributed by atoms with E-state index in [1.807, 2.05) is 18.3 Å². The molecule has 28 heavy (non-hydrogen) atoms. The molecule has 0 saturated carbocycles. The molecule has 0 unspecified atom stereocenters. The lowest BCUT2D eigenvalue weighted by molar-refractivity contribution is 0.389. The van der Waals surface area contributed by atoms with Gasteiger partial charge in [-0.15, -0.1) is 0 Å². The summed E-state index contributed by atoms with van der Waals surface area (Å²) in [5.74, 6) is 2.09. The number of hydrogen-bond donors (Lipinski definition) is 3. The monoisotopic (exact) mass is 382 g/mol. The van der Waals surface area contributed by atoms with Crippen LogP contribution in [0.4, 0.5) is 16.0 Å². The summed E-state index contributed by atoms with van der Waals surface area (Å²) in [5.41, 5.74) is 2.56. The van der Waals surface area contributed by atoms with E-state index in [1.54, 1.807) is 16.6 Å². The van der Waals surface area contributed by atoms with Gasteiger partial charge in [-0.1, -0.05) is 25.1 Å². The number of fused-ring (bicyclic) bond motifs is 1. The molecular weight excluding hydrogens is 355 g/mol. The van der Waals surface area contributed by atoms with Crippen molar-refractivity contribution in [2.24, 2.45) is 5.92 Å². The van der Waals surface area contributed by atoms with Gasteiger partial charge in [0.25, 0.3) is 0 Å². The number of nitrogens with one attached hydrogen (secondary N) is 3. The van der Waals surface area contributed by atoms with Crippen molar-refractivity contribution in [3.63, 3.8) is 0 Å². The highest BCUT2D eigenvalue weighted by molar-refractivity contribution is 5.60. The van der Waals surface area contributed by atoms with Crippen LogP contribution < -0.4 is 16.0 Å². The first-order chi connectivity index (χ1) is 13.7. The van der Waals surface area contributed by atoms with Gasteiger partial charge in [0, 0.05) is 30.3 Å². The molecule has 0 amide bonds. The summed E-state index contributed by atoms with van der Waals surface area (Å²) in [7, 11) is 0. The first kappa shape index (κ1) is 18.7. The molecule has 3 N–H and O–H groups in total. The Hall–Kier alpha value is -2.67. The Morgan fingerprint density at radius 1 is 1.18 bits per heavy atom. The fourth-order valence-corrected chi connectivity index (χ4v) is 3.64. The molecule has 3 aromatic rings. The van der Waals surface area contributed by atoms with Crippen molar-refractivity contribution in [2.75, 3.05) is 30.3 Å². The van der Waals surface area contributed by atoms with Crippen LogP contribution in [0.3, 0.4) is 0 Å². The third-order valence-corrected chi connectivity index (χ3v) is 5.37. The molecule has 3 heterocycles. The molecule has 1 aromatic carbocycles. The molecule has 1 aliphatic rings. The molecule has 1 saturated heterocycles. The lowest BCUT2D eigenvalue weighted by Crippen LogP contribution is -2.31. The van der Waals surface area contributed by atoms with E-state index in [0.29, 0.717) is 18.0 Å². The van der Waals surface area contributed by atoms with Crippen LogP contribution in [0.2, 0.25) is 0 Å². The molecule has 148 valence electrons. The maximum absolute atomic E-state index is 14.0. The van der Waals surface area contributed by atoms with E-state index in [2.05, 4.69) is 28.0 Å². The normalized spacial score (nSPS) is 15.1. The Morgan fingerprint density at radius 2 is 2.00 bits per heavy atom. The number of hydrogen-bond acceptors (Lipinski definition) is 5. The summed E-state index contributed by atoms with van der Waals surface area (Å²) in [5, 5.41) is 14.7. The summed E-state index contributed by atoms with van der Waals surface area (Å²) >= 11 is 0. The minimum atomic E-state index is -0.209. The van der Waals surface area contributed by atoms with Crippen LogP contribution in [-0.2, 0) is 13.0 Å². The number of piperidine rings is 1. The summed E-state index contributed by atoms with van der Waals surface area (Å²) in [6.07, 6.45) is 5.08. The molecular formula is C21H27FN6. The van der Waals surface area contributed by atoms with Crippen LogP contribution in [0.15, 0.2) is 36.5 Å². The van der Waals surface area contributed by atoms with Gasteiger partial charge in [-0.2, -0.15) is 9.61 Å². The minimum absolute atomic E-state index is 0.209. The van der Waals surface area contributed by atoms with Gasteiger partial charge in [-0.05, 0) is 44.3 Å². The van der Waals surface area contributed by atoms with E-state index in [0.717, 1.165) is 48.9 Å². The highest BCUT2D eigenvalue weighted by Crippen LogP contribution is 2.21. The average molecular weight is 382 g/mol. The lowest BCUT2D eigenvalue weighted by Gasteiger charge is -2.23.